The van der Waals surface area contributed by atoms with Crippen LogP contribution in [0.2, 0.25) is 5.02 Å². The van der Waals surface area contributed by atoms with Gasteiger partial charge >= 0.3 is 0 Å². The first-order valence-corrected chi connectivity index (χ1v) is 17.5. The Bertz CT molecular complexity index is 1920. The lowest BCUT2D eigenvalue weighted by Gasteiger charge is -2.31. The lowest BCUT2D eigenvalue weighted by Crippen LogP contribution is -2.44. The molecule has 13 heteroatoms. The van der Waals surface area contributed by atoms with E-state index in [1.54, 1.807) is 37.5 Å². The second-order valence-electron chi connectivity index (χ2n) is 13.0. The van der Waals surface area contributed by atoms with Crippen molar-refractivity contribution in [2.75, 3.05) is 32.1 Å². The van der Waals surface area contributed by atoms with Gasteiger partial charge in [-0.1, -0.05) is 23.7 Å². The van der Waals surface area contributed by atoms with E-state index < -0.39 is 11.6 Å². The molecule has 0 spiro atoms. The number of carbonyl (C=O) groups excluding carboxylic acids is 2. The maximum absolute atomic E-state index is 15.7. The first kappa shape index (κ1) is 36.2. The maximum atomic E-state index is 15.7. The minimum absolute atomic E-state index is 0.0193. The van der Waals surface area contributed by atoms with Crippen molar-refractivity contribution < 1.29 is 23.1 Å². The van der Waals surface area contributed by atoms with E-state index in [0.717, 1.165) is 30.4 Å². The monoisotopic (exact) mass is 717 g/mol. The fourth-order valence-electron chi connectivity index (χ4n) is 6.71. The summed E-state index contributed by atoms with van der Waals surface area (Å²) in [5.41, 5.74) is 4.61. The molecule has 0 saturated carbocycles. The fourth-order valence-corrected chi connectivity index (χ4v) is 7.03. The molecule has 2 aliphatic rings. The third-order valence-corrected chi connectivity index (χ3v) is 10.1. The molecule has 4 aromatic rings. The van der Waals surface area contributed by atoms with Crippen LogP contribution in [-0.2, 0) is 22.7 Å². The van der Waals surface area contributed by atoms with E-state index in [0.29, 0.717) is 77.0 Å². The van der Waals surface area contributed by atoms with Crippen LogP contribution >= 0.6 is 11.6 Å². The van der Waals surface area contributed by atoms with Crippen LogP contribution in [-0.4, -0.2) is 65.5 Å². The van der Waals surface area contributed by atoms with Gasteiger partial charge in [0.05, 0.1) is 17.8 Å². The highest BCUT2D eigenvalue weighted by Gasteiger charge is 2.23. The number of amides is 2. The predicted molar refractivity (Wildman–Crippen MR) is 194 cm³/mol. The van der Waals surface area contributed by atoms with Crippen LogP contribution in [0.1, 0.15) is 49.3 Å². The van der Waals surface area contributed by atoms with Crippen LogP contribution < -0.4 is 26.0 Å². The number of anilines is 2. The van der Waals surface area contributed by atoms with Crippen LogP contribution in [0.3, 0.4) is 0 Å². The van der Waals surface area contributed by atoms with Crippen molar-refractivity contribution in [3.8, 4) is 28.1 Å². The normalized spacial score (nSPS) is 16.3. The Morgan fingerprint density at radius 3 is 2.57 bits per heavy atom. The summed E-state index contributed by atoms with van der Waals surface area (Å²) >= 11 is 6.99. The van der Waals surface area contributed by atoms with Gasteiger partial charge in [-0.05, 0) is 67.6 Å². The van der Waals surface area contributed by atoms with Crippen molar-refractivity contribution in [3.63, 3.8) is 0 Å². The summed E-state index contributed by atoms with van der Waals surface area (Å²) in [6, 6.07) is 12.4. The highest BCUT2D eigenvalue weighted by Crippen LogP contribution is 2.40. The number of aromatic nitrogens is 2. The van der Waals surface area contributed by atoms with Crippen LogP contribution in [0.15, 0.2) is 54.9 Å². The van der Waals surface area contributed by atoms with Crippen LogP contribution in [0.25, 0.3) is 22.4 Å². The van der Waals surface area contributed by atoms with E-state index in [-0.39, 0.29) is 36.3 Å². The predicted octanol–water partition coefficient (Wildman–Crippen LogP) is 6.27. The molecular formula is C38H42ClF2N7O3. The van der Waals surface area contributed by atoms with Gasteiger partial charge in [0.2, 0.25) is 11.8 Å². The van der Waals surface area contributed by atoms with Crippen LogP contribution in [0, 0.1) is 18.6 Å². The number of halogens is 3. The van der Waals surface area contributed by atoms with Crippen molar-refractivity contribution in [1.29, 1.82) is 0 Å². The van der Waals surface area contributed by atoms with Gasteiger partial charge in [-0.15, -0.1) is 0 Å². The molecule has 2 aromatic carbocycles. The van der Waals surface area contributed by atoms with Gasteiger partial charge < -0.3 is 30.9 Å². The number of piperidine rings is 1. The number of nitrogens with zero attached hydrogens (tertiary/aromatic N) is 3. The Kier molecular flexibility index (Phi) is 11.4. The Balaban J connectivity index is 1.18. The summed E-state index contributed by atoms with van der Waals surface area (Å²) in [6.07, 6.45) is 6.07. The number of carbonyl (C=O) groups is 2. The van der Waals surface area contributed by atoms with E-state index >= 15 is 8.78 Å². The van der Waals surface area contributed by atoms with Gasteiger partial charge in [0.15, 0.2) is 11.6 Å². The van der Waals surface area contributed by atoms with Crippen molar-refractivity contribution in [2.24, 2.45) is 0 Å². The molecule has 2 aromatic heterocycles. The topological polar surface area (TPSA) is 121 Å². The SMILES string of the molecule is COc1cc(-c2nccc(-c3cccc(Nc4nccc(CNC5CCN(C(C)=O)CC5)c4F)c3C)c2Cl)cc(F)c1CNC[C@@H]1CCC(=O)N1. The van der Waals surface area contributed by atoms with Crippen molar-refractivity contribution in [3.05, 3.63) is 88.2 Å². The summed E-state index contributed by atoms with van der Waals surface area (Å²) in [6.45, 7) is 5.95. The van der Waals surface area contributed by atoms with E-state index in [9.17, 15) is 9.59 Å². The zero-order valence-electron chi connectivity index (χ0n) is 28.9. The molecule has 2 fully saturated rings. The molecule has 0 aliphatic carbocycles. The van der Waals surface area contributed by atoms with E-state index in [4.69, 9.17) is 16.3 Å². The average molecular weight is 718 g/mol. The number of hydrogen-bond acceptors (Lipinski definition) is 8. The molecule has 4 N–H and O–H groups in total. The zero-order chi connectivity index (χ0) is 36.1. The third kappa shape index (κ3) is 8.30. The Hall–Kier alpha value is -4.65. The second kappa shape index (κ2) is 16.1. The summed E-state index contributed by atoms with van der Waals surface area (Å²) < 4.78 is 36.8. The lowest BCUT2D eigenvalue weighted by atomic mass is 9.97. The molecule has 4 heterocycles. The molecule has 0 unspecified atom stereocenters. The number of nitrogens with one attached hydrogen (secondary N) is 4. The first-order valence-electron chi connectivity index (χ1n) is 17.1. The van der Waals surface area contributed by atoms with Gasteiger partial charge in [-0.25, -0.2) is 13.8 Å². The minimum Gasteiger partial charge on any atom is -0.496 e. The molecule has 51 heavy (non-hydrogen) atoms. The quantitative estimate of drug-likeness (QED) is 0.135. The summed E-state index contributed by atoms with van der Waals surface area (Å²) in [5.74, 6) is -0.352. The van der Waals surface area contributed by atoms with Crippen molar-refractivity contribution in [2.45, 2.75) is 64.7 Å². The largest absolute Gasteiger partial charge is 0.496 e. The lowest BCUT2D eigenvalue weighted by molar-refractivity contribution is -0.130. The Morgan fingerprint density at radius 1 is 1.06 bits per heavy atom. The summed E-state index contributed by atoms with van der Waals surface area (Å²) in [7, 11) is 1.48. The third-order valence-electron chi connectivity index (χ3n) is 9.68. The number of likely N-dealkylation sites (tertiary alicyclic amines) is 1. The zero-order valence-corrected chi connectivity index (χ0v) is 29.7. The number of benzene rings is 2. The standard InChI is InChI=1S/C38H42ClF2N7O3/c1-22-28(5-4-6-32(22)47-38-36(41)24(9-13-44-38)19-45-26-11-15-48(16-12-26)23(2)49)29-10-14-43-37(35(29)39)25-17-31(40)30(33(18-25)51-3)21-42-20-27-7-8-34(50)46-27/h4-6,9-10,13-14,17-18,26-27,42,45H,7-8,11-12,15-16,19-21H2,1-3H3,(H,44,47)(H,46,50)/t27-/m0/s1. The second-order valence-corrected chi connectivity index (χ2v) is 13.4. The number of pyridine rings is 2. The van der Waals surface area contributed by atoms with E-state index in [1.165, 1.54) is 13.2 Å². The fraction of sp³-hybridized carbons (Fsp3) is 0.368. The van der Waals surface area contributed by atoms with Gasteiger partial charge in [-0.2, -0.15) is 0 Å². The molecule has 268 valence electrons. The Labute approximate surface area is 301 Å². The average Bonchev–Trinajstić information content (AvgIpc) is 3.54. The van der Waals surface area contributed by atoms with E-state index in [1.807, 2.05) is 30.0 Å². The maximum Gasteiger partial charge on any atom is 0.220 e. The number of rotatable bonds is 12. The Morgan fingerprint density at radius 2 is 1.84 bits per heavy atom. The number of hydrogen-bond donors (Lipinski definition) is 4. The molecule has 2 saturated heterocycles. The van der Waals surface area contributed by atoms with E-state index in [2.05, 4.69) is 31.2 Å². The molecule has 10 nitrogen and oxygen atoms in total. The van der Waals surface area contributed by atoms with Gasteiger partial charge in [0.25, 0.3) is 0 Å². The summed E-state index contributed by atoms with van der Waals surface area (Å²) in [5, 5.41) is 13.0. The minimum atomic E-state index is -0.469. The molecule has 0 bridgehead atoms. The first-order chi connectivity index (χ1) is 24.6. The molecule has 2 amide bonds. The van der Waals surface area contributed by atoms with Gasteiger partial charge in [-0.3, -0.25) is 14.6 Å². The summed E-state index contributed by atoms with van der Waals surface area (Å²) in [4.78, 5) is 33.8. The van der Waals surface area contributed by atoms with Crippen molar-refractivity contribution in [1.82, 2.24) is 30.8 Å². The molecule has 0 radical (unpaired) electrons. The van der Waals surface area contributed by atoms with Gasteiger partial charge in [0.1, 0.15) is 11.6 Å². The van der Waals surface area contributed by atoms with Crippen LogP contribution in [0.4, 0.5) is 20.3 Å². The number of methoxy groups -OCH3 is 1. The smallest absolute Gasteiger partial charge is 0.220 e. The molecule has 2 aliphatic heterocycles. The molecule has 1 atom stereocenters. The highest BCUT2D eigenvalue weighted by atomic mass is 35.5. The van der Waals surface area contributed by atoms with Gasteiger partial charge in [0, 0.05) is 98.5 Å². The number of ether oxygens (including phenoxy) is 1. The van der Waals surface area contributed by atoms with Crippen LogP contribution in [0.5, 0.6) is 5.75 Å². The molecular weight excluding hydrogens is 676 g/mol. The molecule has 6 rings (SSSR count). The highest BCUT2D eigenvalue weighted by molar-refractivity contribution is 6.35. The van der Waals surface area contributed by atoms with Crippen molar-refractivity contribution >= 4 is 34.9 Å².